The number of piperidine rings is 1. The van der Waals surface area contributed by atoms with E-state index in [0.717, 1.165) is 18.5 Å². The van der Waals surface area contributed by atoms with Gasteiger partial charge in [0, 0.05) is 25.7 Å². The van der Waals surface area contributed by atoms with Gasteiger partial charge in [-0.1, -0.05) is 11.6 Å². The molecule has 1 aliphatic rings. The monoisotopic (exact) mass is 284 g/mol. The first-order valence-electron chi connectivity index (χ1n) is 6.21. The first-order valence-corrected chi connectivity index (χ1v) is 6.58. The summed E-state index contributed by atoms with van der Waals surface area (Å²) < 4.78 is 0. The van der Waals surface area contributed by atoms with Crippen molar-refractivity contribution in [1.29, 1.82) is 0 Å². The molecule has 0 aromatic carbocycles. The van der Waals surface area contributed by atoms with Crippen molar-refractivity contribution in [3.63, 3.8) is 0 Å². The Bertz CT molecular complexity index is 432. The molecule has 0 spiro atoms. The second-order valence-corrected chi connectivity index (χ2v) is 5.13. The average molecular weight is 285 g/mol. The summed E-state index contributed by atoms with van der Waals surface area (Å²) in [6, 6.07) is 0.382. The van der Waals surface area contributed by atoms with Gasteiger partial charge in [0.05, 0.1) is 18.1 Å². The Balaban J connectivity index is 1.86. The van der Waals surface area contributed by atoms with Crippen molar-refractivity contribution < 1.29 is 9.90 Å². The highest BCUT2D eigenvalue weighted by atomic mass is 35.5. The van der Waals surface area contributed by atoms with E-state index in [1.807, 2.05) is 7.05 Å². The second-order valence-electron chi connectivity index (χ2n) is 4.75. The Morgan fingerprint density at radius 3 is 2.68 bits per heavy atom. The topological polar surface area (TPSA) is 69.6 Å². The third-order valence-electron chi connectivity index (χ3n) is 3.44. The number of aromatic nitrogens is 2. The summed E-state index contributed by atoms with van der Waals surface area (Å²) in [4.78, 5) is 22.7. The van der Waals surface area contributed by atoms with Crippen LogP contribution in [0.25, 0.3) is 0 Å². The maximum atomic E-state index is 10.8. The van der Waals surface area contributed by atoms with Gasteiger partial charge < -0.3 is 10.0 Å². The zero-order valence-electron chi connectivity index (χ0n) is 10.8. The quantitative estimate of drug-likeness (QED) is 0.915. The highest BCUT2D eigenvalue weighted by molar-refractivity contribution is 6.29. The molecule has 0 bridgehead atoms. The number of likely N-dealkylation sites (tertiary alicyclic amines) is 1. The number of carbonyl (C=O) groups is 1. The van der Waals surface area contributed by atoms with Crippen LogP contribution < -0.4 is 0 Å². The molecule has 2 rings (SSSR count). The summed E-state index contributed by atoms with van der Waals surface area (Å²) in [7, 11) is 2.03. The van der Waals surface area contributed by atoms with Crippen LogP contribution in [0.2, 0.25) is 5.15 Å². The van der Waals surface area contributed by atoms with Crippen LogP contribution in [0.4, 0.5) is 4.79 Å². The molecule has 104 valence electrons. The molecule has 1 fully saturated rings. The van der Waals surface area contributed by atoms with Gasteiger partial charge in [0.2, 0.25) is 0 Å². The molecule has 1 aliphatic heterocycles. The zero-order valence-corrected chi connectivity index (χ0v) is 11.5. The fourth-order valence-electron chi connectivity index (χ4n) is 2.30. The molecule has 1 aromatic rings. The largest absolute Gasteiger partial charge is 0.465 e. The van der Waals surface area contributed by atoms with Crippen LogP contribution >= 0.6 is 11.6 Å². The smallest absolute Gasteiger partial charge is 0.407 e. The molecule has 7 heteroatoms. The van der Waals surface area contributed by atoms with E-state index in [1.165, 1.54) is 11.1 Å². The van der Waals surface area contributed by atoms with Crippen LogP contribution in [0.3, 0.4) is 0 Å². The van der Waals surface area contributed by atoms with Crippen LogP contribution in [0, 0.1) is 0 Å². The normalized spacial score (nSPS) is 16.9. The predicted octanol–water partition coefficient (Wildman–Crippen LogP) is 1.70. The van der Waals surface area contributed by atoms with Crippen LogP contribution in [0.5, 0.6) is 0 Å². The fourth-order valence-corrected chi connectivity index (χ4v) is 2.40. The Labute approximate surface area is 117 Å². The van der Waals surface area contributed by atoms with Crippen LogP contribution in [-0.4, -0.2) is 57.1 Å². The molecule has 1 saturated heterocycles. The van der Waals surface area contributed by atoms with E-state index in [4.69, 9.17) is 16.7 Å². The van der Waals surface area contributed by atoms with Crippen molar-refractivity contribution in [2.45, 2.75) is 25.4 Å². The minimum Gasteiger partial charge on any atom is -0.465 e. The van der Waals surface area contributed by atoms with E-state index >= 15 is 0 Å². The van der Waals surface area contributed by atoms with Gasteiger partial charge in [-0.2, -0.15) is 0 Å². The predicted molar refractivity (Wildman–Crippen MR) is 71.1 cm³/mol. The summed E-state index contributed by atoms with van der Waals surface area (Å²) in [6.45, 7) is 1.88. The summed E-state index contributed by atoms with van der Waals surface area (Å²) in [5.41, 5.74) is 0.868. The number of rotatable bonds is 3. The Hall–Kier alpha value is -1.40. The lowest BCUT2D eigenvalue weighted by atomic mass is 10.0. The number of nitrogens with zero attached hydrogens (tertiary/aromatic N) is 4. The Morgan fingerprint density at radius 1 is 1.47 bits per heavy atom. The maximum absolute atomic E-state index is 10.8. The molecule has 0 unspecified atom stereocenters. The van der Waals surface area contributed by atoms with Gasteiger partial charge in [-0.15, -0.1) is 0 Å². The lowest BCUT2D eigenvalue weighted by Gasteiger charge is -2.35. The van der Waals surface area contributed by atoms with Gasteiger partial charge in [0.1, 0.15) is 5.15 Å². The molecular formula is C12H17ClN4O2. The van der Waals surface area contributed by atoms with Gasteiger partial charge in [-0.05, 0) is 19.9 Å². The standard InChI is InChI=1S/C12H17ClN4O2/c1-16(8-9-6-15-11(13)7-14-9)10-2-4-17(5-3-10)12(18)19/h6-7,10H,2-5,8H2,1H3,(H,18,19). The van der Waals surface area contributed by atoms with E-state index in [9.17, 15) is 4.79 Å². The fraction of sp³-hybridized carbons (Fsp3) is 0.583. The van der Waals surface area contributed by atoms with E-state index in [2.05, 4.69) is 14.9 Å². The van der Waals surface area contributed by atoms with Gasteiger partial charge in [0.15, 0.2) is 0 Å². The first-order chi connectivity index (χ1) is 9.06. The maximum Gasteiger partial charge on any atom is 0.407 e. The number of hydrogen-bond acceptors (Lipinski definition) is 4. The lowest BCUT2D eigenvalue weighted by molar-refractivity contribution is 0.102. The number of halogens is 1. The molecule has 0 aliphatic carbocycles. The molecule has 1 N–H and O–H groups in total. The third kappa shape index (κ3) is 3.78. The summed E-state index contributed by atoms with van der Waals surface area (Å²) in [5, 5.41) is 9.30. The van der Waals surface area contributed by atoms with E-state index < -0.39 is 6.09 Å². The van der Waals surface area contributed by atoms with Crippen molar-refractivity contribution in [3.8, 4) is 0 Å². The SMILES string of the molecule is CN(Cc1cnc(Cl)cn1)C1CCN(C(=O)O)CC1. The molecular weight excluding hydrogens is 268 g/mol. The second kappa shape index (κ2) is 6.16. The van der Waals surface area contributed by atoms with E-state index in [-0.39, 0.29) is 0 Å². The molecule has 6 nitrogen and oxygen atoms in total. The van der Waals surface area contributed by atoms with Crippen molar-refractivity contribution in [3.05, 3.63) is 23.2 Å². The van der Waals surface area contributed by atoms with Crippen molar-refractivity contribution in [2.75, 3.05) is 20.1 Å². The molecule has 1 amide bonds. The molecule has 1 aromatic heterocycles. The zero-order chi connectivity index (χ0) is 13.8. The van der Waals surface area contributed by atoms with Crippen LogP contribution in [0.1, 0.15) is 18.5 Å². The Morgan fingerprint density at radius 2 is 2.16 bits per heavy atom. The highest BCUT2D eigenvalue weighted by Crippen LogP contribution is 2.17. The van der Waals surface area contributed by atoms with Crippen molar-refractivity contribution in [2.24, 2.45) is 0 Å². The van der Waals surface area contributed by atoms with Gasteiger partial charge in [0.25, 0.3) is 0 Å². The molecule has 0 atom stereocenters. The summed E-state index contributed by atoms with van der Waals surface area (Å²) in [5.74, 6) is 0. The minimum atomic E-state index is -0.829. The molecule has 19 heavy (non-hydrogen) atoms. The number of carboxylic acid groups (broad SMARTS) is 1. The third-order valence-corrected chi connectivity index (χ3v) is 3.64. The molecule has 0 radical (unpaired) electrons. The summed E-state index contributed by atoms with van der Waals surface area (Å²) in [6.07, 6.45) is 4.08. The minimum absolute atomic E-state index is 0.382. The van der Waals surface area contributed by atoms with Gasteiger partial charge in [-0.3, -0.25) is 9.88 Å². The highest BCUT2D eigenvalue weighted by Gasteiger charge is 2.24. The number of hydrogen-bond donors (Lipinski definition) is 1. The first kappa shape index (κ1) is 14.0. The van der Waals surface area contributed by atoms with Crippen LogP contribution in [0.15, 0.2) is 12.4 Å². The average Bonchev–Trinajstić information content (AvgIpc) is 2.41. The van der Waals surface area contributed by atoms with E-state index in [0.29, 0.717) is 30.8 Å². The van der Waals surface area contributed by atoms with Crippen molar-refractivity contribution >= 4 is 17.7 Å². The molecule has 0 saturated carbocycles. The number of amides is 1. The Kier molecular flexibility index (Phi) is 4.55. The lowest BCUT2D eigenvalue weighted by Crippen LogP contribution is -2.44. The van der Waals surface area contributed by atoms with E-state index in [1.54, 1.807) is 6.20 Å². The van der Waals surface area contributed by atoms with Gasteiger partial charge >= 0.3 is 6.09 Å². The van der Waals surface area contributed by atoms with Crippen LogP contribution in [-0.2, 0) is 6.54 Å². The van der Waals surface area contributed by atoms with Gasteiger partial charge in [-0.25, -0.2) is 9.78 Å². The van der Waals surface area contributed by atoms with Crippen molar-refractivity contribution in [1.82, 2.24) is 19.8 Å². The summed E-state index contributed by atoms with van der Waals surface area (Å²) >= 11 is 5.69. The molecule has 2 heterocycles.